The van der Waals surface area contributed by atoms with Crippen LogP contribution in [0.5, 0.6) is 0 Å². The number of phosphoric ester groups is 1. The van der Waals surface area contributed by atoms with Crippen LogP contribution in [0.1, 0.15) is 6.23 Å². The Hall–Kier alpha value is -1.20. The molecule has 5 atom stereocenters. The average Bonchev–Trinajstić information content (AvgIpc) is 2.78. The van der Waals surface area contributed by atoms with Gasteiger partial charge < -0.3 is 29.4 Å². The van der Waals surface area contributed by atoms with E-state index in [1.54, 1.807) is 4.98 Å². The third-order valence-electron chi connectivity index (χ3n) is 3.76. The monoisotopic (exact) mass is 536 g/mol. The minimum atomic E-state index is -5.97. The summed E-state index contributed by atoms with van der Waals surface area (Å²) in [7, 11) is -17.6. The average molecular weight is 536 g/mol. The number of H-pyrrole nitrogens is 1. The summed E-state index contributed by atoms with van der Waals surface area (Å²) >= 11 is 0. The molecule has 0 aliphatic carbocycles. The first-order valence-electron chi connectivity index (χ1n) is 7.74. The first-order valence-corrected chi connectivity index (χ1v) is 12.3. The van der Waals surface area contributed by atoms with Gasteiger partial charge in [0.15, 0.2) is 11.7 Å². The summed E-state index contributed by atoms with van der Waals surface area (Å²) in [6, 6.07) is 0.620. The van der Waals surface area contributed by atoms with Gasteiger partial charge in [0, 0.05) is 12.3 Å². The van der Waals surface area contributed by atoms with E-state index in [1.165, 1.54) is 0 Å². The highest BCUT2D eigenvalue weighted by molar-refractivity contribution is 7.66. The van der Waals surface area contributed by atoms with E-state index in [0.717, 1.165) is 0 Å². The summed E-state index contributed by atoms with van der Waals surface area (Å²) in [6.07, 6.45) is -5.36. The zero-order chi connectivity index (χ0) is 24.8. The second kappa shape index (κ2) is 8.87. The molecule has 6 N–H and O–H groups in total. The molecule has 0 spiro atoms. The third kappa shape index (κ3) is 6.02. The highest BCUT2D eigenvalue weighted by atomic mass is 31.3. The lowest BCUT2D eigenvalue weighted by atomic mass is 9.97. The van der Waals surface area contributed by atoms with Gasteiger partial charge in [-0.25, -0.2) is 22.9 Å². The number of ether oxygens (including phenoxy) is 1. The van der Waals surface area contributed by atoms with E-state index >= 15 is 0 Å². The molecule has 1 aromatic heterocycles. The maximum absolute atomic E-state index is 14.5. The Labute approximate surface area is 173 Å². The van der Waals surface area contributed by atoms with Gasteiger partial charge >= 0.3 is 35.1 Å². The number of nitrogens with zero attached hydrogens (tertiary/aromatic N) is 1. The lowest BCUT2D eigenvalue weighted by Gasteiger charge is -2.29. The minimum absolute atomic E-state index is 0.0763. The van der Waals surface area contributed by atoms with Crippen LogP contribution in [0.15, 0.2) is 21.9 Å². The van der Waals surface area contributed by atoms with E-state index in [1.807, 2.05) is 0 Å². The molecule has 3 unspecified atom stereocenters. The Bertz CT molecular complexity index is 1120. The lowest BCUT2D eigenvalue weighted by molar-refractivity contribution is -0.147. The quantitative estimate of drug-likeness (QED) is 0.210. The number of aliphatic hydroxyl groups is 1. The molecule has 32 heavy (non-hydrogen) atoms. The maximum atomic E-state index is 14.5. The topological polar surface area (TPSA) is 244 Å². The van der Waals surface area contributed by atoms with E-state index in [-0.39, 0.29) is 4.57 Å². The van der Waals surface area contributed by atoms with Gasteiger partial charge in [-0.05, 0) is 0 Å². The molecular weight excluding hydrogens is 522 g/mol. The van der Waals surface area contributed by atoms with Crippen molar-refractivity contribution in [3.8, 4) is 0 Å². The van der Waals surface area contributed by atoms with E-state index in [4.69, 9.17) is 19.4 Å². The zero-order valence-corrected chi connectivity index (χ0v) is 17.7. The van der Waals surface area contributed by atoms with Crippen LogP contribution in [0.3, 0.4) is 0 Å². The van der Waals surface area contributed by atoms with Crippen LogP contribution >= 0.6 is 23.5 Å². The summed E-state index contributed by atoms with van der Waals surface area (Å²) in [6.45, 7) is -3.80. The molecule has 2 rings (SSSR count). The highest BCUT2D eigenvalue weighted by Crippen LogP contribution is 2.66. The molecule has 184 valence electrons. The molecular formula is C10H14F3N2O14P3. The lowest BCUT2D eigenvalue weighted by Crippen LogP contribution is -2.51. The predicted octanol–water partition coefficient (Wildman–Crippen LogP) is -0.887. The van der Waals surface area contributed by atoms with Crippen molar-refractivity contribution in [2.45, 2.75) is 23.9 Å². The number of halogens is 3. The molecule has 0 bridgehead atoms. The number of nitrogens with one attached hydrogen (secondary N) is 1. The first kappa shape index (κ1) is 27.0. The number of aromatic amines is 1. The van der Waals surface area contributed by atoms with Crippen LogP contribution in [0.2, 0.25) is 0 Å². The largest absolute Gasteiger partial charge is 0.490 e. The highest BCUT2D eigenvalue weighted by Gasteiger charge is 2.68. The molecule has 1 fully saturated rings. The number of hydrogen-bond donors (Lipinski definition) is 6. The van der Waals surface area contributed by atoms with E-state index in [2.05, 4.69) is 13.1 Å². The summed E-state index contributed by atoms with van der Waals surface area (Å²) in [5, 5.41) is 9.90. The summed E-state index contributed by atoms with van der Waals surface area (Å²) in [5.74, 6) is -4.45. The fraction of sp³-hybridized carbons (Fsp3) is 0.600. The van der Waals surface area contributed by atoms with Crippen molar-refractivity contribution >= 4 is 23.5 Å². The summed E-state index contributed by atoms with van der Waals surface area (Å²) in [5.41, 5.74) is -5.59. The molecule has 2 heterocycles. The number of rotatable bonds is 9. The van der Waals surface area contributed by atoms with Crippen LogP contribution in [0.25, 0.3) is 0 Å². The van der Waals surface area contributed by atoms with Gasteiger partial charge in [0.05, 0.1) is 6.61 Å². The van der Waals surface area contributed by atoms with Gasteiger partial charge in [0.1, 0.15) is 6.67 Å². The van der Waals surface area contributed by atoms with Gasteiger partial charge in [-0.1, -0.05) is 0 Å². The smallest absolute Gasteiger partial charge is 0.383 e. The van der Waals surface area contributed by atoms with Crippen molar-refractivity contribution in [3.05, 3.63) is 33.1 Å². The predicted molar refractivity (Wildman–Crippen MR) is 90.9 cm³/mol. The second-order valence-corrected chi connectivity index (χ2v) is 10.5. The normalized spacial score (nSPS) is 29.4. The Kier molecular flexibility index (Phi) is 7.49. The van der Waals surface area contributed by atoms with Gasteiger partial charge in [0.2, 0.25) is 6.23 Å². The van der Waals surface area contributed by atoms with Crippen LogP contribution in [-0.2, 0) is 31.6 Å². The molecule has 0 amide bonds. The molecule has 1 aromatic rings. The molecule has 22 heteroatoms. The molecule has 0 aromatic carbocycles. The van der Waals surface area contributed by atoms with Crippen molar-refractivity contribution in [1.82, 2.24) is 9.55 Å². The Balaban J connectivity index is 2.28. The van der Waals surface area contributed by atoms with Gasteiger partial charge in [-0.2, -0.15) is 17.4 Å². The van der Waals surface area contributed by atoms with Gasteiger partial charge in [-0.15, -0.1) is 0 Å². The summed E-state index contributed by atoms with van der Waals surface area (Å²) in [4.78, 5) is 59.7. The van der Waals surface area contributed by atoms with Crippen LogP contribution < -0.4 is 11.2 Å². The van der Waals surface area contributed by atoms with Crippen LogP contribution in [0.4, 0.5) is 13.2 Å². The van der Waals surface area contributed by atoms with E-state index in [0.29, 0.717) is 12.3 Å². The third-order valence-corrected chi connectivity index (χ3v) is 7.54. The van der Waals surface area contributed by atoms with Crippen LogP contribution in [0, 0.1) is 0 Å². The van der Waals surface area contributed by atoms with Crippen LogP contribution in [-0.4, -0.2) is 65.1 Å². The number of hydrogen-bond acceptors (Lipinski definition) is 10. The van der Waals surface area contributed by atoms with Crippen molar-refractivity contribution < 1.29 is 69.4 Å². The van der Waals surface area contributed by atoms with Crippen molar-refractivity contribution in [1.29, 1.82) is 0 Å². The van der Waals surface area contributed by atoms with Gasteiger partial charge in [0.25, 0.3) is 5.56 Å². The maximum Gasteiger partial charge on any atom is 0.490 e. The fourth-order valence-corrected chi connectivity index (χ4v) is 5.53. The molecule has 16 nitrogen and oxygen atoms in total. The minimum Gasteiger partial charge on any atom is -0.383 e. The van der Waals surface area contributed by atoms with Crippen molar-refractivity contribution in [2.24, 2.45) is 0 Å². The first-order chi connectivity index (χ1) is 14.3. The fourth-order valence-electron chi connectivity index (χ4n) is 2.46. The number of phosphoric acid groups is 3. The molecule has 0 saturated carbocycles. The van der Waals surface area contributed by atoms with Crippen molar-refractivity contribution in [2.75, 3.05) is 13.3 Å². The Morgan fingerprint density at radius 3 is 2.22 bits per heavy atom. The summed E-state index contributed by atoms with van der Waals surface area (Å²) < 4.78 is 91.9. The molecule has 0 radical (unpaired) electrons. The SMILES string of the molecule is O=c1ccn([C@@H]2OC(CF)(COP(=O)(O)OP(=O)(O)OP(=O)(O)O)[C@@H](O)C2(F)F)c(=O)[nH]1. The van der Waals surface area contributed by atoms with E-state index < -0.39 is 71.9 Å². The Morgan fingerprint density at radius 2 is 1.72 bits per heavy atom. The second-order valence-electron chi connectivity index (χ2n) is 6.13. The standard InChI is InChI=1S/C10H14F3N2O14P3/c11-3-9(4-26-31(22,23)29-32(24,25)28-30(19,20)21)6(17)10(12,13)7(27-9)15-2-1-5(16)14-8(15)18/h1-2,6-7,17H,3-4H2,(H,22,23)(H,24,25)(H,14,16,18)(H2,19,20,21)/t6-,7-,9?/m1/s1. The Morgan fingerprint density at radius 1 is 1.12 bits per heavy atom. The number of alkyl halides is 3. The van der Waals surface area contributed by atoms with Gasteiger partial charge in [-0.3, -0.25) is 18.9 Å². The van der Waals surface area contributed by atoms with E-state index in [9.17, 15) is 46.5 Å². The molecule has 1 aliphatic rings. The number of aliphatic hydroxyl groups excluding tert-OH is 1. The zero-order valence-electron chi connectivity index (χ0n) is 15.1. The number of aromatic nitrogens is 2. The molecule has 1 saturated heterocycles. The molecule has 1 aliphatic heterocycles. The van der Waals surface area contributed by atoms with Crippen molar-refractivity contribution in [3.63, 3.8) is 0 Å².